The number of hydrogen-bond acceptors (Lipinski definition) is 0. The quantitative estimate of drug-likeness (QED) is 0.376. The van der Waals surface area contributed by atoms with Crippen LogP contribution < -0.4 is 0 Å². The molecule has 1 atom stereocenters. The van der Waals surface area contributed by atoms with Crippen LogP contribution in [0.2, 0.25) is 0 Å². The molecule has 0 heterocycles. The molecule has 1 unspecified atom stereocenters. The molecule has 0 fully saturated rings. The Labute approximate surface area is 147 Å². The molecule has 1 aromatic carbocycles. The van der Waals surface area contributed by atoms with Crippen molar-refractivity contribution >= 4 is 37.5 Å². The van der Waals surface area contributed by atoms with Crippen LogP contribution in [0.1, 0.15) is 64.2 Å². The van der Waals surface area contributed by atoms with Crippen LogP contribution in [0.5, 0.6) is 0 Å². The van der Waals surface area contributed by atoms with E-state index >= 15 is 0 Å². The fourth-order valence-electron chi connectivity index (χ4n) is 2.95. The van der Waals surface area contributed by atoms with Gasteiger partial charge in [-0.1, -0.05) is 96.5 Å². The van der Waals surface area contributed by atoms with Gasteiger partial charge in [-0.25, -0.2) is 0 Å². The zero-order valence-electron chi connectivity index (χ0n) is 13.2. The topological polar surface area (TPSA) is 0 Å². The molecule has 0 amide bonds. The van der Waals surface area contributed by atoms with Crippen LogP contribution in [0, 0.1) is 0 Å². The summed E-state index contributed by atoms with van der Waals surface area (Å²) in [5.74, 6) is 0. The summed E-state index contributed by atoms with van der Waals surface area (Å²) in [7, 11) is -0.260. The Hall–Kier alpha value is -0.240. The monoisotopic (exact) mass is 356 g/mol. The van der Waals surface area contributed by atoms with Gasteiger partial charge in [0.25, 0.3) is 0 Å². The summed E-state index contributed by atoms with van der Waals surface area (Å²) in [6.07, 6.45) is 15.5. The van der Waals surface area contributed by atoms with Gasteiger partial charge in [-0.05, 0) is 42.7 Å². The number of hydrogen-bond donors (Lipinski definition) is 0. The van der Waals surface area contributed by atoms with Crippen LogP contribution >= 0.6 is 33.7 Å². The first-order chi connectivity index (χ1) is 10.8. The highest BCUT2D eigenvalue weighted by Crippen LogP contribution is 2.41. The van der Waals surface area contributed by atoms with E-state index in [4.69, 9.17) is 23.2 Å². The van der Waals surface area contributed by atoms with Gasteiger partial charge in [-0.3, -0.25) is 0 Å². The number of halogens is 2. The summed E-state index contributed by atoms with van der Waals surface area (Å²) < 4.78 is 0.504. The third-order valence-corrected chi connectivity index (χ3v) is 7.02. The van der Waals surface area contributed by atoms with Crippen LogP contribution in [0.4, 0.5) is 0 Å². The first kappa shape index (κ1) is 18.1. The lowest BCUT2D eigenvalue weighted by Crippen LogP contribution is -1.91. The van der Waals surface area contributed by atoms with E-state index in [0.29, 0.717) is 3.78 Å². The Bertz CT molecular complexity index is 501. The molecule has 122 valence electrons. The fourth-order valence-corrected chi connectivity index (χ4v) is 5.82. The van der Waals surface area contributed by atoms with Crippen molar-refractivity contribution in [2.24, 2.45) is 0 Å². The summed E-state index contributed by atoms with van der Waals surface area (Å²) >= 11 is 12.6. The minimum absolute atomic E-state index is 0.260. The van der Waals surface area contributed by atoms with Gasteiger partial charge < -0.3 is 0 Å². The predicted molar refractivity (Wildman–Crippen MR) is 103 cm³/mol. The molecule has 0 N–H and O–H groups in total. The second-order valence-corrected chi connectivity index (χ2v) is 9.30. The summed E-state index contributed by atoms with van der Waals surface area (Å²) in [6, 6.07) is 10.5. The van der Waals surface area contributed by atoms with E-state index < -0.39 is 0 Å². The van der Waals surface area contributed by atoms with E-state index in [1.165, 1.54) is 61.2 Å². The molecule has 0 radical (unpaired) electrons. The van der Waals surface area contributed by atoms with Gasteiger partial charge in [0.2, 0.25) is 0 Å². The minimum Gasteiger partial charge on any atom is -0.0977 e. The number of rotatable bonds is 2. The standard InChI is InChI=1S/C19H26Cl2S/c20-19(21)22(18-15-11-8-12-16-18)17-13-9-6-4-2-1-3-5-7-10-14-17/h8,11-13,15-16H,1-7,9-10,14H2/b17-13+. The Morgan fingerprint density at radius 2 is 1.36 bits per heavy atom. The van der Waals surface area contributed by atoms with Gasteiger partial charge >= 0.3 is 0 Å². The fraction of sp³-hybridized carbons (Fsp3) is 0.526. The van der Waals surface area contributed by atoms with Crippen molar-refractivity contribution in [2.75, 3.05) is 0 Å². The lowest BCUT2D eigenvalue weighted by Gasteiger charge is -2.16. The normalized spacial score (nSPS) is 21.8. The lowest BCUT2D eigenvalue weighted by atomic mass is 10.0. The van der Waals surface area contributed by atoms with E-state index in [0.717, 1.165) is 12.8 Å². The maximum absolute atomic E-state index is 6.29. The first-order valence-corrected chi connectivity index (χ1v) is 10.4. The predicted octanol–water partition coefficient (Wildman–Crippen LogP) is 7.68. The van der Waals surface area contributed by atoms with Gasteiger partial charge in [0, 0.05) is 4.90 Å². The van der Waals surface area contributed by atoms with Crippen molar-refractivity contribution in [1.82, 2.24) is 0 Å². The van der Waals surface area contributed by atoms with Crippen LogP contribution in [0.3, 0.4) is 0 Å². The lowest BCUT2D eigenvalue weighted by molar-refractivity contribution is 0.565. The van der Waals surface area contributed by atoms with Crippen LogP contribution in [-0.4, -0.2) is 3.78 Å². The van der Waals surface area contributed by atoms with E-state index in [9.17, 15) is 0 Å². The molecule has 0 saturated carbocycles. The van der Waals surface area contributed by atoms with E-state index in [1.807, 2.05) is 6.07 Å². The van der Waals surface area contributed by atoms with E-state index in [2.05, 4.69) is 30.3 Å². The Balaban J connectivity index is 2.20. The summed E-state index contributed by atoms with van der Waals surface area (Å²) in [5, 5.41) is 0. The number of benzene rings is 1. The van der Waals surface area contributed by atoms with Crippen molar-refractivity contribution in [3.63, 3.8) is 0 Å². The van der Waals surface area contributed by atoms with Crippen LogP contribution in [0.15, 0.2) is 46.2 Å². The highest BCUT2D eigenvalue weighted by molar-refractivity contribution is 8.22. The average molecular weight is 357 g/mol. The second kappa shape index (κ2) is 10.5. The smallest absolute Gasteiger partial charge is 0.0977 e. The zero-order chi connectivity index (χ0) is 15.6. The van der Waals surface area contributed by atoms with Crippen molar-refractivity contribution in [3.05, 3.63) is 41.3 Å². The minimum atomic E-state index is -0.260. The first-order valence-electron chi connectivity index (χ1n) is 8.45. The summed E-state index contributed by atoms with van der Waals surface area (Å²) in [6.45, 7) is 0. The molecule has 0 aliphatic heterocycles. The zero-order valence-corrected chi connectivity index (χ0v) is 15.5. The summed E-state index contributed by atoms with van der Waals surface area (Å²) in [5.41, 5.74) is 0. The van der Waals surface area contributed by atoms with Gasteiger partial charge in [0.05, 0.1) is 0 Å². The Morgan fingerprint density at radius 1 is 0.773 bits per heavy atom. The highest BCUT2D eigenvalue weighted by atomic mass is 35.5. The molecule has 1 aliphatic rings. The molecule has 1 aliphatic carbocycles. The molecule has 0 saturated heterocycles. The van der Waals surface area contributed by atoms with Gasteiger partial charge in [0.1, 0.15) is 3.78 Å². The van der Waals surface area contributed by atoms with Crippen LogP contribution in [-0.2, 0) is 0 Å². The van der Waals surface area contributed by atoms with Crippen molar-refractivity contribution in [2.45, 2.75) is 69.1 Å². The summed E-state index contributed by atoms with van der Waals surface area (Å²) in [4.78, 5) is 2.67. The SMILES string of the molecule is ClC(Cl)=S(/C1=C/CCCCCCCCCC1)c1ccccc1. The highest BCUT2D eigenvalue weighted by Gasteiger charge is 2.11. The molecule has 0 aromatic heterocycles. The van der Waals surface area contributed by atoms with Gasteiger partial charge in [-0.15, -0.1) is 0 Å². The molecule has 22 heavy (non-hydrogen) atoms. The Kier molecular flexibility index (Phi) is 8.66. The molecule has 3 heteroatoms. The molecule has 1 aromatic rings. The van der Waals surface area contributed by atoms with Crippen molar-refractivity contribution in [3.8, 4) is 0 Å². The largest absolute Gasteiger partial charge is 0.139 e. The third kappa shape index (κ3) is 6.10. The molecular weight excluding hydrogens is 331 g/mol. The van der Waals surface area contributed by atoms with E-state index in [-0.39, 0.29) is 10.5 Å². The van der Waals surface area contributed by atoms with Gasteiger partial charge in [-0.2, -0.15) is 0 Å². The second-order valence-electron chi connectivity index (χ2n) is 5.88. The maximum Gasteiger partial charge on any atom is 0.139 e. The van der Waals surface area contributed by atoms with Crippen molar-refractivity contribution in [1.29, 1.82) is 0 Å². The third-order valence-electron chi connectivity index (χ3n) is 4.14. The molecular formula is C19H26Cl2S. The maximum atomic E-state index is 6.29. The Morgan fingerprint density at radius 3 is 2.00 bits per heavy atom. The van der Waals surface area contributed by atoms with Crippen LogP contribution in [0.25, 0.3) is 0 Å². The van der Waals surface area contributed by atoms with E-state index in [1.54, 1.807) is 0 Å². The molecule has 0 bridgehead atoms. The molecule has 0 spiro atoms. The molecule has 0 nitrogen and oxygen atoms in total. The molecule has 2 rings (SSSR count). The average Bonchev–Trinajstić information content (AvgIpc) is 2.50. The number of allylic oxidation sites excluding steroid dienone is 2. The van der Waals surface area contributed by atoms with Gasteiger partial charge in [0.15, 0.2) is 0 Å². The van der Waals surface area contributed by atoms with Crippen molar-refractivity contribution < 1.29 is 0 Å².